The molecule has 1 heterocycles. The van der Waals surface area contributed by atoms with Gasteiger partial charge in [-0.25, -0.2) is 0 Å². The van der Waals surface area contributed by atoms with E-state index in [1.807, 2.05) is 13.8 Å². The summed E-state index contributed by atoms with van der Waals surface area (Å²) in [5, 5.41) is 33.3. The summed E-state index contributed by atoms with van der Waals surface area (Å²) in [6.07, 6.45) is 3.65. The number of aliphatic hydroxyl groups excluding tert-OH is 2. The van der Waals surface area contributed by atoms with E-state index >= 15 is 0 Å². The zero-order chi connectivity index (χ0) is 26.9. The summed E-state index contributed by atoms with van der Waals surface area (Å²) in [6, 6.07) is 0. The maximum Gasteiger partial charge on any atom is 0.170 e. The summed E-state index contributed by atoms with van der Waals surface area (Å²) in [5.74, 6) is 1.16. The van der Waals surface area contributed by atoms with Gasteiger partial charge in [0, 0.05) is 30.5 Å². The quantitative estimate of drug-likeness (QED) is 0.258. The van der Waals surface area contributed by atoms with Gasteiger partial charge in [0.15, 0.2) is 12.6 Å². The number of fused-ring (bicyclic) bond motifs is 2. The molecule has 0 aromatic carbocycles. The first-order chi connectivity index (χ1) is 17.4. The Kier molecular flexibility index (Phi) is 7.08. The molecule has 1 aliphatic heterocycles. The minimum absolute atomic E-state index is 0.0509. The van der Waals surface area contributed by atoms with Crippen molar-refractivity contribution in [1.29, 1.82) is 0 Å². The van der Waals surface area contributed by atoms with Crippen LogP contribution in [0, 0.1) is 45.8 Å². The Morgan fingerprint density at radius 1 is 1.27 bits per heavy atom. The van der Waals surface area contributed by atoms with Gasteiger partial charge in [-0.3, -0.25) is 4.90 Å². The van der Waals surface area contributed by atoms with Gasteiger partial charge < -0.3 is 29.6 Å². The zero-order valence-corrected chi connectivity index (χ0v) is 23.2. The normalized spacial score (nSPS) is 47.3. The number of hydrogen-bond acceptors (Lipinski definition) is 7. The highest BCUT2D eigenvalue weighted by Gasteiger charge is 2.83. The first kappa shape index (κ1) is 27.5. The Morgan fingerprint density at radius 3 is 2.62 bits per heavy atom. The molecule has 7 nitrogen and oxygen atoms in total. The molecule has 4 bridgehead atoms. The predicted molar refractivity (Wildman–Crippen MR) is 140 cm³/mol. The standard InChI is InChI=1S/C30H47NO6/c1-17(2)12-31-13-25(33)20(6)37-26(14-31)36-16-29-11-22-19(5)7-8-23(22)28(15-32)10-21(29)9-24(18(3)4)30(28,29)27(34)35/h9,15,18-23,25-27,33-35H,1,7-8,10-14,16H2,2-6H3/t19-,20-,21?,22-,23-,25+,26?,28?,29?,30+/m1/s1. The van der Waals surface area contributed by atoms with Crippen LogP contribution >= 0.6 is 0 Å². The number of aldehydes is 1. The first-order valence-electron chi connectivity index (χ1n) is 14.3. The number of carbonyl (C=O) groups excluding carboxylic acids is 1. The Labute approximate surface area is 221 Å². The van der Waals surface area contributed by atoms with Crippen LogP contribution in [0.25, 0.3) is 0 Å². The van der Waals surface area contributed by atoms with Crippen LogP contribution in [-0.2, 0) is 14.3 Å². The van der Waals surface area contributed by atoms with Gasteiger partial charge in [0.2, 0.25) is 0 Å². The molecule has 208 valence electrons. The minimum Gasteiger partial charge on any atom is -0.389 e. The molecule has 5 rings (SSSR count). The van der Waals surface area contributed by atoms with Crippen molar-refractivity contribution >= 4 is 6.29 Å². The van der Waals surface area contributed by atoms with Crippen molar-refractivity contribution in [3.8, 4) is 0 Å². The van der Waals surface area contributed by atoms with Gasteiger partial charge in [-0.2, -0.15) is 0 Å². The number of ether oxygens (including phenoxy) is 2. The number of nitrogens with zero attached hydrogens (tertiary/aromatic N) is 1. The molecule has 5 aliphatic rings. The minimum atomic E-state index is -1.64. The lowest BCUT2D eigenvalue weighted by molar-refractivity contribution is -0.260. The van der Waals surface area contributed by atoms with Gasteiger partial charge in [0.05, 0.1) is 24.2 Å². The van der Waals surface area contributed by atoms with Crippen LogP contribution in [-0.4, -0.2) is 77.5 Å². The number of hydrogen-bond donors (Lipinski definition) is 3. The molecule has 0 aromatic heterocycles. The third-order valence-corrected chi connectivity index (χ3v) is 11.1. The lowest BCUT2D eigenvalue weighted by Gasteiger charge is -2.61. The van der Waals surface area contributed by atoms with E-state index in [1.165, 1.54) is 0 Å². The topological polar surface area (TPSA) is 99.5 Å². The van der Waals surface area contributed by atoms with Crippen LogP contribution in [0.1, 0.15) is 60.3 Å². The van der Waals surface area contributed by atoms with Crippen LogP contribution in [0.5, 0.6) is 0 Å². The van der Waals surface area contributed by atoms with Crippen molar-refractivity contribution in [2.24, 2.45) is 45.8 Å². The van der Waals surface area contributed by atoms with Crippen molar-refractivity contribution in [3.63, 3.8) is 0 Å². The molecule has 10 atom stereocenters. The molecule has 3 N–H and O–H groups in total. The molecular formula is C30H47NO6. The molecule has 1 saturated heterocycles. The molecule has 0 spiro atoms. The molecule has 0 radical (unpaired) electrons. The number of aliphatic hydroxyl groups is 3. The maximum absolute atomic E-state index is 13.2. The lowest BCUT2D eigenvalue weighted by Crippen LogP contribution is -2.65. The molecule has 7 heteroatoms. The first-order valence-corrected chi connectivity index (χ1v) is 14.3. The van der Waals surface area contributed by atoms with Crippen LogP contribution in [0.15, 0.2) is 23.8 Å². The predicted octanol–water partition coefficient (Wildman–Crippen LogP) is 3.14. The molecule has 0 amide bonds. The fraction of sp³-hybridized carbons (Fsp3) is 0.833. The van der Waals surface area contributed by atoms with Gasteiger partial charge in [0.25, 0.3) is 0 Å². The van der Waals surface area contributed by atoms with Crippen LogP contribution in [0.3, 0.4) is 0 Å². The van der Waals surface area contributed by atoms with E-state index in [0.29, 0.717) is 44.5 Å². The highest BCUT2D eigenvalue weighted by atomic mass is 16.7. The molecule has 4 unspecified atom stereocenters. The van der Waals surface area contributed by atoms with Crippen LogP contribution in [0.2, 0.25) is 0 Å². The van der Waals surface area contributed by atoms with Crippen molar-refractivity contribution in [3.05, 3.63) is 23.8 Å². The van der Waals surface area contributed by atoms with Gasteiger partial charge in [0.1, 0.15) is 6.29 Å². The molecule has 3 saturated carbocycles. The second-order valence-electron chi connectivity index (χ2n) is 13.4. The number of rotatable bonds is 8. The third-order valence-electron chi connectivity index (χ3n) is 11.1. The Hall–Kier alpha value is -1.09. The van der Waals surface area contributed by atoms with E-state index in [0.717, 1.165) is 36.7 Å². The summed E-state index contributed by atoms with van der Waals surface area (Å²) in [6.45, 7) is 16.3. The van der Waals surface area contributed by atoms with Crippen molar-refractivity contribution in [2.45, 2.75) is 85.1 Å². The highest BCUT2D eigenvalue weighted by Crippen LogP contribution is 2.83. The van der Waals surface area contributed by atoms with Gasteiger partial charge in [-0.15, -0.1) is 0 Å². The zero-order valence-electron chi connectivity index (χ0n) is 23.2. The fourth-order valence-electron chi connectivity index (χ4n) is 9.74. The third kappa shape index (κ3) is 3.71. The van der Waals surface area contributed by atoms with E-state index < -0.39 is 34.9 Å². The Bertz CT molecular complexity index is 948. The maximum atomic E-state index is 13.2. The number of allylic oxidation sites excluding steroid dienone is 1. The molecule has 37 heavy (non-hydrogen) atoms. The summed E-state index contributed by atoms with van der Waals surface area (Å²) in [5.41, 5.74) is -0.416. The van der Waals surface area contributed by atoms with E-state index in [4.69, 9.17) is 9.47 Å². The summed E-state index contributed by atoms with van der Waals surface area (Å²) >= 11 is 0. The summed E-state index contributed by atoms with van der Waals surface area (Å²) < 4.78 is 12.8. The van der Waals surface area contributed by atoms with E-state index in [1.54, 1.807) is 0 Å². The SMILES string of the molecule is C=C(C)CN1CC(OCC23C[C@@H]4[C@H](C)CC[C@H]4C4(C=O)CC2C=C(C(C)C)[C@@]34C(O)O)O[C@H](C)[C@@H](O)C1. The Balaban J connectivity index is 1.53. The number of carbonyl (C=O) groups is 1. The van der Waals surface area contributed by atoms with Crippen molar-refractivity contribution in [2.75, 3.05) is 26.2 Å². The molecular weight excluding hydrogens is 470 g/mol. The largest absolute Gasteiger partial charge is 0.389 e. The smallest absolute Gasteiger partial charge is 0.170 e. The highest BCUT2D eigenvalue weighted by molar-refractivity contribution is 5.69. The van der Waals surface area contributed by atoms with Crippen molar-refractivity contribution in [1.82, 2.24) is 4.90 Å². The van der Waals surface area contributed by atoms with Gasteiger partial charge in [-0.05, 0) is 62.7 Å². The molecule has 0 aromatic rings. The summed E-state index contributed by atoms with van der Waals surface area (Å²) in [4.78, 5) is 15.3. The average molecular weight is 518 g/mol. The average Bonchev–Trinajstić information content (AvgIpc) is 3.35. The Morgan fingerprint density at radius 2 is 2.00 bits per heavy atom. The summed E-state index contributed by atoms with van der Waals surface area (Å²) in [7, 11) is 0. The van der Waals surface area contributed by atoms with E-state index in [2.05, 4.69) is 38.3 Å². The van der Waals surface area contributed by atoms with E-state index in [9.17, 15) is 20.1 Å². The van der Waals surface area contributed by atoms with Crippen LogP contribution < -0.4 is 0 Å². The molecule has 4 fully saturated rings. The lowest BCUT2D eigenvalue weighted by atomic mass is 9.42. The second kappa shape index (κ2) is 9.53. The number of β-amino-alcohol motifs (C(OH)–C–C–N with tert-alkyl or cyclic N) is 1. The monoisotopic (exact) mass is 517 g/mol. The molecule has 4 aliphatic carbocycles. The second-order valence-corrected chi connectivity index (χ2v) is 13.4. The fourth-order valence-corrected chi connectivity index (χ4v) is 9.74. The van der Waals surface area contributed by atoms with Gasteiger partial charge >= 0.3 is 0 Å². The van der Waals surface area contributed by atoms with Crippen molar-refractivity contribution < 1.29 is 29.6 Å². The van der Waals surface area contributed by atoms with Crippen LogP contribution in [0.4, 0.5) is 0 Å². The van der Waals surface area contributed by atoms with Gasteiger partial charge in [-0.1, -0.05) is 51.0 Å². The van der Waals surface area contributed by atoms with E-state index in [-0.39, 0.29) is 23.9 Å².